The van der Waals surface area contributed by atoms with Crippen LogP contribution in [-0.2, 0) is 22.5 Å². The van der Waals surface area contributed by atoms with Gasteiger partial charge in [-0.2, -0.15) is 0 Å². The average Bonchev–Trinajstić information content (AvgIpc) is 3.14. The van der Waals surface area contributed by atoms with E-state index in [9.17, 15) is 4.79 Å². The number of aromatic nitrogens is 1. The van der Waals surface area contributed by atoms with Crippen molar-refractivity contribution in [3.8, 4) is 0 Å². The second-order valence-corrected chi connectivity index (χ2v) is 5.86. The number of benzene rings is 1. The average molecular weight is 310 g/mol. The minimum Gasteiger partial charge on any atom is -0.368 e. The van der Waals surface area contributed by atoms with Gasteiger partial charge >= 0.3 is 0 Å². The fraction of sp³-hybridized carbons (Fsp3) is 0.368. The molecule has 23 heavy (non-hydrogen) atoms. The highest BCUT2D eigenvalue weighted by molar-refractivity contribution is 5.81. The molecule has 1 aliphatic rings. The van der Waals surface area contributed by atoms with Gasteiger partial charge in [0.25, 0.3) is 5.91 Å². The van der Waals surface area contributed by atoms with Gasteiger partial charge in [0.2, 0.25) is 0 Å². The highest BCUT2D eigenvalue weighted by Gasteiger charge is 2.28. The molecule has 2 heterocycles. The summed E-state index contributed by atoms with van der Waals surface area (Å²) >= 11 is 0. The second kappa shape index (κ2) is 7.88. The third kappa shape index (κ3) is 4.39. The summed E-state index contributed by atoms with van der Waals surface area (Å²) < 4.78 is 5.58. The number of hydrogen-bond acceptors (Lipinski definition) is 3. The first kappa shape index (κ1) is 15.7. The summed E-state index contributed by atoms with van der Waals surface area (Å²) in [5.41, 5.74) is 2.29. The predicted octanol–water partition coefficient (Wildman–Crippen LogP) is 2.83. The maximum absolute atomic E-state index is 12.8. The number of carbonyl (C=O) groups is 1. The van der Waals surface area contributed by atoms with Gasteiger partial charge in [0.15, 0.2) is 0 Å². The van der Waals surface area contributed by atoms with E-state index in [-0.39, 0.29) is 12.0 Å². The Kier molecular flexibility index (Phi) is 5.37. The fourth-order valence-electron chi connectivity index (χ4n) is 2.86. The van der Waals surface area contributed by atoms with E-state index in [1.54, 1.807) is 6.20 Å². The summed E-state index contributed by atoms with van der Waals surface area (Å²) in [6.07, 6.45) is 5.93. The Morgan fingerprint density at radius 2 is 2.00 bits per heavy atom. The zero-order valence-corrected chi connectivity index (χ0v) is 13.2. The summed E-state index contributed by atoms with van der Waals surface area (Å²) in [7, 11) is 0. The molecule has 1 atom stereocenters. The zero-order chi connectivity index (χ0) is 15.9. The van der Waals surface area contributed by atoms with Crippen molar-refractivity contribution < 1.29 is 9.53 Å². The molecule has 0 saturated carbocycles. The van der Waals surface area contributed by atoms with Crippen molar-refractivity contribution in [3.63, 3.8) is 0 Å². The summed E-state index contributed by atoms with van der Waals surface area (Å²) in [5.74, 6) is 0.0993. The topological polar surface area (TPSA) is 42.4 Å². The molecule has 1 aromatic heterocycles. The van der Waals surface area contributed by atoms with Crippen molar-refractivity contribution in [2.75, 3.05) is 13.2 Å². The van der Waals surface area contributed by atoms with Crippen LogP contribution in [0.15, 0.2) is 54.9 Å². The molecule has 120 valence electrons. The Bertz CT molecular complexity index is 610. The van der Waals surface area contributed by atoms with Crippen LogP contribution in [-0.4, -0.2) is 35.0 Å². The van der Waals surface area contributed by atoms with Crippen molar-refractivity contribution in [3.05, 3.63) is 66.0 Å². The molecular formula is C19H22N2O2. The van der Waals surface area contributed by atoms with E-state index in [0.717, 1.165) is 24.8 Å². The molecule has 2 aromatic rings. The third-order valence-electron chi connectivity index (χ3n) is 4.13. The largest absolute Gasteiger partial charge is 0.368 e. The molecule has 4 nitrogen and oxygen atoms in total. The van der Waals surface area contributed by atoms with Crippen LogP contribution in [0.5, 0.6) is 0 Å². The van der Waals surface area contributed by atoms with Gasteiger partial charge in [-0.3, -0.25) is 9.78 Å². The van der Waals surface area contributed by atoms with Gasteiger partial charge in [0.1, 0.15) is 6.10 Å². The Morgan fingerprint density at radius 3 is 2.70 bits per heavy atom. The van der Waals surface area contributed by atoms with Crippen LogP contribution in [0.2, 0.25) is 0 Å². The first-order chi connectivity index (χ1) is 11.3. The summed E-state index contributed by atoms with van der Waals surface area (Å²) in [6, 6.07) is 14.2. The first-order valence-electron chi connectivity index (χ1n) is 8.16. The molecule has 0 bridgehead atoms. The SMILES string of the molecule is O=C([C@H]1CCCO1)N(CCc1ccccc1)Cc1cccnc1. The number of hydrogen-bond donors (Lipinski definition) is 0. The maximum Gasteiger partial charge on any atom is 0.252 e. The Hall–Kier alpha value is -2.20. The van der Waals surface area contributed by atoms with E-state index in [1.165, 1.54) is 5.56 Å². The van der Waals surface area contributed by atoms with Crippen LogP contribution >= 0.6 is 0 Å². The molecule has 3 rings (SSSR count). The van der Waals surface area contributed by atoms with Gasteiger partial charge in [-0.1, -0.05) is 36.4 Å². The molecule has 0 unspecified atom stereocenters. The van der Waals surface area contributed by atoms with E-state index < -0.39 is 0 Å². The lowest BCUT2D eigenvalue weighted by molar-refractivity contribution is -0.141. The highest BCUT2D eigenvalue weighted by atomic mass is 16.5. The molecular weight excluding hydrogens is 288 g/mol. The molecule has 0 N–H and O–H groups in total. The van der Waals surface area contributed by atoms with Gasteiger partial charge in [0.05, 0.1) is 0 Å². The summed E-state index contributed by atoms with van der Waals surface area (Å²) in [4.78, 5) is 18.8. The lowest BCUT2D eigenvalue weighted by Gasteiger charge is -2.25. The van der Waals surface area contributed by atoms with Crippen LogP contribution < -0.4 is 0 Å². The Labute approximate surface area is 137 Å². The van der Waals surface area contributed by atoms with Crippen LogP contribution in [0.3, 0.4) is 0 Å². The van der Waals surface area contributed by atoms with Crippen molar-refractivity contribution in [1.82, 2.24) is 9.88 Å². The van der Waals surface area contributed by atoms with Gasteiger partial charge in [-0.25, -0.2) is 0 Å². The number of amides is 1. The molecule has 1 aromatic carbocycles. The highest BCUT2D eigenvalue weighted by Crippen LogP contribution is 2.17. The zero-order valence-electron chi connectivity index (χ0n) is 13.2. The van der Waals surface area contributed by atoms with E-state index in [2.05, 4.69) is 17.1 Å². The van der Waals surface area contributed by atoms with E-state index in [1.807, 2.05) is 41.4 Å². The number of rotatable bonds is 6. The van der Waals surface area contributed by atoms with Crippen LogP contribution in [0.1, 0.15) is 24.0 Å². The standard InChI is InChI=1S/C19H22N2O2/c22-19(18-9-5-13-23-18)21(15-17-8-4-11-20-14-17)12-10-16-6-2-1-3-7-16/h1-4,6-8,11,14,18H,5,9-10,12-13,15H2/t18-/m1/s1. The number of ether oxygens (including phenoxy) is 1. The van der Waals surface area contributed by atoms with Crippen LogP contribution in [0, 0.1) is 0 Å². The number of pyridine rings is 1. The normalized spacial score (nSPS) is 17.1. The first-order valence-corrected chi connectivity index (χ1v) is 8.16. The lowest BCUT2D eigenvalue weighted by Crippen LogP contribution is -2.39. The van der Waals surface area contributed by atoms with Crippen molar-refractivity contribution >= 4 is 5.91 Å². The monoisotopic (exact) mass is 310 g/mol. The van der Waals surface area contributed by atoms with Crippen LogP contribution in [0.4, 0.5) is 0 Å². The van der Waals surface area contributed by atoms with Crippen molar-refractivity contribution in [2.24, 2.45) is 0 Å². The predicted molar refractivity (Wildman–Crippen MR) is 88.8 cm³/mol. The lowest BCUT2D eigenvalue weighted by atomic mass is 10.1. The molecule has 1 fully saturated rings. The molecule has 4 heteroatoms. The summed E-state index contributed by atoms with van der Waals surface area (Å²) in [5, 5.41) is 0. The van der Waals surface area contributed by atoms with Gasteiger partial charge in [0, 0.05) is 32.1 Å². The molecule has 0 spiro atoms. The molecule has 0 aliphatic carbocycles. The minimum atomic E-state index is -0.276. The van der Waals surface area contributed by atoms with Gasteiger partial charge in [-0.15, -0.1) is 0 Å². The quantitative estimate of drug-likeness (QED) is 0.824. The van der Waals surface area contributed by atoms with Gasteiger partial charge in [-0.05, 0) is 36.5 Å². The van der Waals surface area contributed by atoms with Crippen molar-refractivity contribution in [1.29, 1.82) is 0 Å². The van der Waals surface area contributed by atoms with Crippen molar-refractivity contribution in [2.45, 2.75) is 31.9 Å². The smallest absolute Gasteiger partial charge is 0.252 e. The van der Waals surface area contributed by atoms with Crippen LogP contribution in [0.25, 0.3) is 0 Å². The minimum absolute atomic E-state index is 0.0993. The van der Waals surface area contributed by atoms with E-state index in [4.69, 9.17) is 4.74 Å². The molecule has 1 saturated heterocycles. The Balaban J connectivity index is 1.68. The number of carbonyl (C=O) groups excluding carboxylic acids is 1. The number of nitrogens with zero attached hydrogens (tertiary/aromatic N) is 2. The fourth-order valence-corrected chi connectivity index (χ4v) is 2.86. The third-order valence-corrected chi connectivity index (χ3v) is 4.13. The second-order valence-electron chi connectivity index (χ2n) is 5.86. The molecule has 0 radical (unpaired) electrons. The Morgan fingerprint density at radius 1 is 1.17 bits per heavy atom. The van der Waals surface area contributed by atoms with Gasteiger partial charge < -0.3 is 9.64 Å². The molecule has 1 amide bonds. The molecule has 1 aliphatic heterocycles. The van der Waals surface area contributed by atoms with E-state index >= 15 is 0 Å². The maximum atomic E-state index is 12.8. The van der Waals surface area contributed by atoms with E-state index in [0.29, 0.717) is 19.7 Å². The summed E-state index contributed by atoms with van der Waals surface area (Å²) in [6.45, 7) is 1.97.